The molecule has 34 heavy (non-hydrogen) atoms. The van der Waals surface area contributed by atoms with Crippen LogP contribution in [-0.2, 0) is 26.1 Å². The third-order valence-electron chi connectivity index (χ3n) is 6.20. The molecule has 0 saturated carbocycles. The Morgan fingerprint density at radius 3 is 2.03 bits per heavy atom. The van der Waals surface area contributed by atoms with Crippen LogP contribution in [0.25, 0.3) is 11.0 Å². The molecule has 1 aliphatic carbocycles. The second-order valence-electron chi connectivity index (χ2n) is 8.17. The van der Waals surface area contributed by atoms with Crippen molar-refractivity contribution in [2.24, 2.45) is 0 Å². The lowest BCUT2D eigenvalue weighted by Gasteiger charge is -2.17. The van der Waals surface area contributed by atoms with Crippen LogP contribution in [0.3, 0.4) is 0 Å². The van der Waals surface area contributed by atoms with Crippen LogP contribution in [0.2, 0.25) is 0 Å². The van der Waals surface area contributed by atoms with Crippen LogP contribution in [-0.4, -0.2) is 14.2 Å². The maximum absolute atomic E-state index is 12.7. The number of hydrogen-bond donors (Lipinski definition) is 0. The number of hydrogen-bond acceptors (Lipinski definition) is 6. The van der Waals surface area contributed by atoms with Crippen LogP contribution in [0, 0.1) is 0 Å². The first-order valence-electron chi connectivity index (χ1n) is 11.3. The molecule has 1 aliphatic rings. The Morgan fingerprint density at radius 1 is 0.735 bits per heavy atom. The first-order chi connectivity index (χ1) is 16.7. The topological polar surface area (TPSA) is 67.1 Å². The zero-order valence-electron chi connectivity index (χ0n) is 19.3. The van der Waals surface area contributed by atoms with Gasteiger partial charge in [-0.2, -0.15) is 0 Å². The molecule has 0 spiro atoms. The van der Waals surface area contributed by atoms with E-state index in [0.29, 0.717) is 17.1 Å². The van der Waals surface area contributed by atoms with Gasteiger partial charge in [0, 0.05) is 22.1 Å². The maximum Gasteiger partial charge on any atom is 0.339 e. The molecule has 0 saturated heterocycles. The summed E-state index contributed by atoms with van der Waals surface area (Å²) in [6, 6.07) is 19.2. The van der Waals surface area contributed by atoms with Gasteiger partial charge in [0.05, 0.1) is 14.2 Å². The summed E-state index contributed by atoms with van der Waals surface area (Å²) in [5.41, 5.74) is 3.70. The molecule has 6 nitrogen and oxygen atoms in total. The highest BCUT2D eigenvalue weighted by molar-refractivity contribution is 5.89. The second kappa shape index (κ2) is 9.51. The van der Waals surface area contributed by atoms with Crippen molar-refractivity contribution in [3.63, 3.8) is 0 Å². The summed E-state index contributed by atoms with van der Waals surface area (Å²) in [4.78, 5) is 12.7. The van der Waals surface area contributed by atoms with Crippen LogP contribution in [0.1, 0.15) is 28.7 Å². The first kappa shape index (κ1) is 21.9. The van der Waals surface area contributed by atoms with E-state index in [1.165, 1.54) is 0 Å². The monoisotopic (exact) mass is 458 g/mol. The van der Waals surface area contributed by atoms with Crippen molar-refractivity contribution < 1.29 is 23.4 Å². The lowest BCUT2D eigenvalue weighted by atomic mass is 10.1. The van der Waals surface area contributed by atoms with Gasteiger partial charge in [0.1, 0.15) is 24.7 Å². The molecule has 0 atom stereocenters. The average molecular weight is 459 g/mol. The minimum absolute atomic E-state index is 0.231. The molecule has 0 fully saturated rings. The van der Waals surface area contributed by atoms with Crippen molar-refractivity contribution in [2.75, 3.05) is 14.2 Å². The molecule has 4 aromatic rings. The molecule has 1 heterocycles. The van der Waals surface area contributed by atoms with Crippen molar-refractivity contribution in [3.05, 3.63) is 93.3 Å². The van der Waals surface area contributed by atoms with Gasteiger partial charge in [-0.3, -0.25) is 0 Å². The van der Waals surface area contributed by atoms with Crippen LogP contribution in [0.15, 0.2) is 69.9 Å². The molecule has 3 aromatic carbocycles. The predicted octanol–water partition coefficient (Wildman–Crippen LogP) is 5.46. The summed E-state index contributed by atoms with van der Waals surface area (Å²) in [7, 11) is 3.26. The molecule has 0 bridgehead atoms. The van der Waals surface area contributed by atoms with E-state index in [1.807, 2.05) is 60.7 Å². The molecular weight excluding hydrogens is 432 g/mol. The summed E-state index contributed by atoms with van der Waals surface area (Å²) in [5, 5.41) is 0.895. The van der Waals surface area contributed by atoms with Gasteiger partial charge in [0.25, 0.3) is 0 Å². The van der Waals surface area contributed by atoms with Crippen molar-refractivity contribution in [1.82, 2.24) is 0 Å². The molecule has 0 aliphatic heterocycles. The number of rotatable bonds is 8. The van der Waals surface area contributed by atoms with Crippen LogP contribution in [0.4, 0.5) is 0 Å². The largest absolute Gasteiger partial charge is 0.496 e. The number of benzene rings is 3. The van der Waals surface area contributed by atoms with Gasteiger partial charge < -0.3 is 23.4 Å². The zero-order chi connectivity index (χ0) is 23.5. The Hall–Kier alpha value is -3.93. The fraction of sp³-hybridized carbons (Fsp3) is 0.250. The SMILES string of the molecule is COc1ccccc1COc1ccc2c3c(c(=O)oc2c1OCc1ccccc1OC)CCC3. The fourth-order valence-electron chi connectivity index (χ4n) is 4.50. The Kier molecular flexibility index (Phi) is 6.12. The predicted molar refractivity (Wildman–Crippen MR) is 129 cm³/mol. The minimum Gasteiger partial charge on any atom is -0.496 e. The van der Waals surface area contributed by atoms with Gasteiger partial charge >= 0.3 is 5.63 Å². The van der Waals surface area contributed by atoms with Gasteiger partial charge in [-0.15, -0.1) is 0 Å². The number of para-hydroxylation sites is 2. The number of aryl methyl sites for hydroxylation is 1. The van der Waals surface area contributed by atoms with Crippen LogP contribution < -0.4 is 24.6 Å². The van der Waals surface area contributed by atoms with Gasteiger partial charge in [0.2, 0.25) is 5.75 Å². The summed E-state index contributed by atoms with van der Waals surface area (Å²) >= 11 is 0. The fourth-order valence-corrected chi connectivity index (χ4v) is 4.50. The zero-order valence-corrected chi connectivity index (χ0v) is 19.3. The molecule has 174 valence electrons. The van der Waals surface area contributed by atoms with E-state index in [0.717, 1.165) is 58.4 Å². The van der Waals surface area contributed by atoms with Gasteiger partial charge in [0.15, 0.2) is 11.3 Å². The van der Waals surface area contributed by atoms with E-state index in [9.17, 15) is 4.79 Å². The van der Waals surface area contributed by atoms with Crippen molar-refractivity contribution in [1.29, 1.82) is 0 Å². The van der Waals surface area contributed by atoms with Crippen LogP contribution in [0.5, 0.6) is 23.0 Å². The van der Waals surface area contributed by atoms with Gasteiger partial charge in [-0.1, -0.05) is 36.4 Å². The highest BCUT2D eigenvalue weighted by Crippen LogP contribution is 2.40. The molecule has 0 N–H and O–H groups in total. The third-order valence-corrected chi connectivity index (χ3v) is 6.20. The maximum atomic E-state index is 12.7. The highest BCUT2D eigenvalue weighted by atomic mass is 16.5. The Bertz CT molecular complexity index is 1390. The second-order valence-corrected chi connectivity index (χ2v) is 8.17. The van der Waals surface area contributed by atoms with E-state index < -0.39 is 0 Å². The molecule has 0 unspecified atom stereocenters. The summed E-state index contributed by atoms with van der Waals surface area (Å²) < 4.78 is 29.2. The lowest BCUT2D eigenvalue weighted by Crippen LogP contribution is -2.09. The molecule has 0 amide bonds. The van der Waals surface area contributed by atoms with E-state index in [2.05, 4.69) is 0 Å². The molecule has 6 heteroatoms. The minimum atomic E-state index is -0.302. The average Bonchev–Trinajstić information content (AvgIpc) is 3.38. The third kappa shape index (κ3) is 4.07. The van der Waals surface area contributed by atoms with Crippen molar-refractivity contribution in [3.8, 4) is 23.0 Å². The molecular formula is C28H26O6. The Morgan fingerprint density at radius 2 is 1.35 bits per heavy atom. The van der Waals surface area contributed by atoms with E-state index in [-0.39, 0.29) is 18.8 Å². The lowest BCUT2D eigenvalue weighted by molar-refractivity contribution is 0.249. The highest BCUT2D eigenvalue weighted by Gasteiger charge is 2.24. The summed E-state index contributed by atoms with van der Waals surface area (Å²) in [5.74, 6) is 2.37. The number of fused-ring (bicyclic) bond motifs is 3. The van der Waals surface area contributed by atoms with E-state index in [4.69, 9.17) is 23.4 Å². The first-order valence-corrected chi connectivity index (χ1v) is 11.3. The normalized spacial score (nSPS) is 12.4. The Balaban J connectivity index is 1.55. The summed E-state index contributed by atoms with van der Waals surface area (Å²) in [6.07, 6.45) is 2.55. The van der Waals surface area contributed by atoms with E-state index in [1.54, 1.807) is 14.2 Å². The quantitative estimate of drug-likeness (QED) is 0.327. The molecule has 0 radical (unpaired) electrons. The van der Waals surface area contributed by atoms with E-state index >= 15 is 0 Å². The van der Waals surface area contributed by atoms with Crippen molar-refractivity contribution in [2.45, 2.75) is 32.5 Å². The van der Waals surface area contributed by atoms with Gasteiger partial charge in [-0.25, -0.2) is 4.79 Å². The smallest absolute Gasteiger partial charge is 0.339 e. The molecule has 5 rings (SSSR count). The number of methoxy groups -OCH3 is 2. The van der Waals surface area contributed by atoms with Crippen molar-refractivity contribution >= 4 is 11.0 Å². The van der Waals surface area contributed by atoms with Crippen LogP contribution >= 0.6 is 0 Å². The Labute approximate surface area is 197 Å². The number of ether oxygens (including phenoxy) is 4. The molecule has 1 aromatic heterocycles. The van der Waals surface area contributed by atoms with Gasteiger partial charge in [-0.05, 0) is 49.1 Å². The summed E-state index contributed by atoms with van der Waals surface area (Å²) in [6.45, 7) is 0.505. The standard InChI is InChI=1S/C28H26O6/c1-30-23-12-5-3-8-18(23)16-32-25-15-14-21-20-10-7-11-22(20)28(29)34-26(21)27(25)33-17-19-9-4-6-13-24(19)31-2/h3-6,8-9,12-15H,7,10-11,16-17H2,1-2H3.